The lowest BCUT2D eigenvalue weighted by Gasteiger charge is -2.29. The fourth-order valence-electron chi connectivity index (χ4n) is 1.72. The Morgan fingerprint density at radius 1 is 1.14 bits per heavy atom. The summed E-state index contributed by atoms with van der Waals surface area (Å²) in [6.45, 7) is 10.4. The first-order valence-electron chi connectivity index (χ1n) is 5.67. The summed E-state index contributed by atoms with van der Waals surface area (Å²) in [4.78, 5) is 2.52. The zero-order chi connectivity index (χ0) is 10.8. The van der Waals surface area contributed by atoms with Gasteiger partial charge in [-0.1, -0.05) is 29.8 Å². The minimum Gasteiger partial charge on any atom is -0.380 e. The van der Waals surface area contributed by atoms with Crippen LogP contribution in [0, 0.1) is 0 Å². The second kappa shape index (κ2) is 9.94. The van der Waals surface area contributed by atoms with Crippen molar-refractivity contribution in [1.82, 2.24) is 4.90 Å². The van der Waals surface area contributed by atoms with Gasteiger partial charge in [-0.3, -0.25) is 4.90 Å². The van der Waals surface area contributed by atoms with E-state index in [4.69, 9.17) is 4.74 Å². The van der Waals surface area contributed by atoms with Crippen LogP contribution >= 0.6 is 15.9 Å². The van der Waals surface area contributed by atoms with Crippen molar-refractivity contribution in [3.8, 4) is 0 Å². The Bertz CT molecular complexity index is 118. The topological polar surface area (TPSA) is 12.5 Å². The number of rotatable bonds is 9. The van der Waals surface area contributed by atoms with Gasteiger partial charge < -0.3 is 4.74 Å². The quantitative estimate of drug-likeness (QED) is 0.470. The fourth-order valence-corrected chi connectivity index (χ4v) is 2.17. The van der Waals surface area contributed by atoms with E-state index in [0.717, 1.165) is 31.6 Å². The third-order valence-corrected chi connectivity index (χ3v) is 2.91. The highest BCUT2D eigenvalue weighted by Gasteiger charge is 2.13. The van der Waals surface area contributed by atoms with E-state index in [-0.39, 0.29) is 0 Å². The van der Waals surface area contributed by atoms with Crippen LogP contribution in [0.1, 0.15) is 33.6 Å². The van der Waals surface area contributed by atoms with Gasteiger partial charge in [-0.25, -0.2) is 0 Å². The van der Waals surface area contributed by atoms with E-state index >= 15 is 0 Å². The monoisotopic (exact) mass is 265 g/mol. The van der Waals surface area contributed by atoms with Crippen LogP contribution in [0.5, 0.6) is 0 Å². The second-order valence-corrected chi connectivity index (χ2v) is 4.19. The molecule has 0 radical (unpaired) electrons. The van der Waals surface area contributed by atoms with Crippen molar-refractivity contribution < 1.29 is 4.74 Å². The molecule has 0 aliphatic rings. The number of ether oxygens (including phenoxy) is 1. The first-order chi connectivity index (χ1) is 6.79. The van der Waals surface area contributed by atoms with Crippen LogP contribution in [0.15, 0.2) is 0 Å². The standard InChI is InChI=1S/C11H24BrNO/c1-4-11(5-2)13(8-7-12)9-10-14-6-3/h11H,4-10H2,1-3H3. The molecule has 0 aromatic heterocycles. The van der Waals surface area contributed by atoms with Crippen LogP contribution < -0.4 is 0 Å². The minimum absolute atomic E-state index is 0.716. The maximum Gasteiger partial charge on any atom is 0.0593 e. The van der Waals surface area contributed by atoms with Crippen molar-refractivity contribution in [3.63, 3.8) is 0 Å². The predicted octanol–water partition coefficient (Wildman–Crippen LogP) is 2.91. The van der Waals surface area contributed by atoms with Crippen LogP contribution in [0.2, 0.25) is 0 Å². The first kappa shape index (κ1) is 14.4. The SMILES string of the molecule is CCOCCN(CCBr)C(CC)CC. The molecular formula is C11H24BrNO. The zero-order valence-corrected chi connectivity index (χ0v) is 11.3. The molecule has 0 fully saturated rings. The summed E-state index contributed by atoms with van der Waals surface area (Å²) in [6.07, 6.45) is 2.46. The van der Waals surface area contributed by atoms with Crippen molar-refractivity contribution in [2.24, 2.45) is 0 Å². The van der Waals surface area contributed by atoms with E-state index in [9.17, 15) is 0 Å². The summed E-state index contributed by atoms with van der Waals surface area (Å²) in [6, 6.07) is 0.716. The number of hydrogen-bond acceptors (Lipinski definition) is 2. The molecule has 0 atom stereocenters. The summed E-state index contributed by atoms with van der Waals surface area (Å²) < 4.78 is 5.39. The minimum atomic E-state index is 0.716. The van der Waals surface area contributed by atoms with E-state index in [2.05, 4.69) is 34.7 Å². The molecular weight excluding hydrogens is 242 g/mol. The fraction of sp³-hybridized carbons (Fsp3) is 1.00. The van der Waals surface area contributed by atoms with Crippen LogP contribution in [0.25, 0.3) is 0 Å². The van der Waals surface area contributed by atoms with Gasteiger partial charge in [-0.05, 0) is 19.8 Å². The lowest BCUT2D eigenvalue weighted by Crippen LogP contribution is -2.38. The third kappa shape index (κ3) is 5.99. The van der Waals surface area contributed by atoms with Gasteiger partial charge in [0.1, 0.15) is 0 Å². The smallest absolute Gasteiger partial charge is 0.0593 e. The highest BCUT2D eigenvalue weighted by molar-refractivity contribution is 9.09. The summed E-state index contributed by atoms with van der Waals surface area (Å²) in [5.41, 5.74) is 0. The Morgan fingerprint density at radius 2 is 1.79 bits per heavy atom. The molecule has 0 bridgehead atoms. The Hall–Kier alpha value is 0.400. The largest absolute Gasteiger partial charge is 0.380 e. The maximum absolute atomic E-state index is 5.39. The Kier molecular flexibility index (Phi) is 10.2. The zero-order valence-electron chi connectivity index (χ0n) is 9.76. The van der Waals surface area contributed by atoms with E-state index in [0.29, 0.717) is 6.04 Å². The van der Waals surface area contributed by atoms with Gasteiger partial charge in [0.25, 0.3) is 0 Å². The van der Waals surface area contributed by atoms with Crippen LogP contribution in [-0.2, 0) is 4.74 Å². The van der Waals surface area contributed by atoms with Gasteiger partial charge in [0.2, 0.25) is 0 Å². The highest BCUT2D eigenvalue weighted by Crippen LogP contribution is 2.08. The Balaban J connectivity index is 3.85. The van der Waals surface area contributed by atoms with Crippen molar-refractivity contribution in [2.45, 2.75) is 39.7 Å². The van der Waals surface area contributed by atoms with Gasteiger partial charge in [-0.2, -0.15) is 0 Å². The molecule has 2 nitrogen and oxygen atoms in total. The molecule has 0 rings (SSSR count). The molecule has 14 heavy (non-hydrogen) atoms. The molecule has 0 aromatic rings. The Morgan fingerprint density at radius 3 is 2.21 bits per heavy atom. The van der Waals surface area contributed by atoms with E-state index in [1.165, 1.54) is 12.8 Å². The molecule has 0 aliphatic heterocycles. The summed E-state index contributed by atoms with van der Waals surface area (Å²) in [5.74, 6) is 0. The normalized spacial score (nSPS) is 11.6. The molecule has 86 valence electrons. The van der Waals surface area contributed by atoms with E-state index in [1.807, 2.05) is 6.92 Å². The summed E-state index contributed by atoms with van der Waals surface area (Å²) in [5, 5.41) is 1.05. The predicted molar refractivity (Wildman–Crippen MR) is 66.2 cm³/mol. The molecule has 0 heterocycles. The second-order valence-electron chi connectivity index (χ2n) is 3.39. The molecule has 0 N–H and O–H groups in total. The van der Waals surface area contributed by atoms with Gasteiger partial charge in [0, 0.05) is 31.1 Å². The van der Waals surface area contributed by atoms with Crippen molar-refractivity contribution >= 4 is 15.9 Å². The molecule has 3 heteroatoms. The van der Waals surface area contributed by atoms with Crippen LogP contribution in [0.4, 0.5) is 0 Å². The average molecular weight is 266 g/mol. The third-order valence-electron chi connectivity index (χ3n) is 2.56. The van der Waals surface area contributed by atoms with E-state index in [1.54, 1.807) is 0 Å². The molecule has 0 saturated carbocycles. The van der Waals surface area contributed by atoms with Crippen molar-refractivity contribution in [1.29, 1.82) is 0 Å². The molecule has 0 amide bonds. The Labute approximate surface area is 97.1 Å². The van der Waals surface area contributed by atoms with Gasteiger partial charge in [-0.15, -0.1) is 0 Å². The number of alkyl halides is 1. The van der Waals surface area contributed by atoms with Crippen LogP contribution in [-0.4, -0.2) is 42.6 Å². The molecule has 0 aliphatic carbocycles. The number of hydrogen-bond donors (Lipinski definition) is 0. The van der Waals surface area contributed by atoms with E-state index < -0.39 is 0 Å². The van der Waals surface area contributed by atoms with Crippen LogP contribution in [0.3, 0.4) is 0 Å². The maximum atomic E-state index is 5.39. The first-order valence-corrected chi connectivity index (χ1v) is 6.79. The van der Waals surface area contributed by atoms with Gasteiger partial charge in [0.05, 0.1) is 6.61 Å². The number of halogens is 1. The van der Waals surface area contributed by atoms with Crippen molar-refractivity contribution in [3.05, 3.63) is 0 Å². The summed E-state index contributed by atoms with van der Waals surface area (Å²) >= 11 is 3.50. The average Bonchev–Trinajstić information content (AvgIpc) is 2.20. The molecule has 0 aromatic carbocycles. The van der Waals surface area contributed by atoms with Gasteiger partial charge >= 0.3 is 0 Å². The van der Waals surface area contributed by atoms with Crippen molar-refractivity contribution in [2.75, 3.05) is 31.6 Å². The molecule has 0 saturated heterocycles. The molecule has 0 unspecified atom stereocenters. The number of nitrogens with zero attached hydrogens (tertiary/aromatic N) is 1. The highest BCUT2D eigenvalue weighted by atomic mass is 79.9. The molecule has 0 spiro atoms. The summed E-state index contributed by atoms with van der Waals surface area (Å²) in [7, 11) is 0. The lowest BCUT2D eigenvalue weighted by molar-refractivity contribution is 0.0950. The van der Waals surface area contributed by atoms with Gasteiger partial charge in [0.15, 0.2) is 0 Å². The lowest BCUT2D eigenvalue weighted by atomic mass is 10.1.